The molecule has 1 aliphatic heterocycles. The van der Waals surface area contributed by atoms with Gasteiger partial charge in [0, 0.05) is 6.42 Å². The molecule has 27 heavy (non-hydrogen) atoms. The first kappa shape index (κ1) is 20.9. The van der Waals surface area contributed by atoms with E-state index in [9.17, 15) is 14.4 Å². The third-order valence-corrected chi connectivity index (χ3v) is 4.71. The summed E-state index contributed by atoms with van der Waals surface area (Å²) in [5.41, 5.74) is 0.927. The second kappa shape index (κ2) is 10.1. The van der Waals surface area contributed by atoms with Gasteiger partial charge in [0.05, 0.1) is 13.2 Å². The molecule has 0 saturated carbocycles. The van der Waals surface area contributed by atoms with Gasteiger partial charge in [-0.15, -0.1) is 0 Å². The normalized spacial score (nSPS) is 18.6. The fourth-order valence-electron chi connectivity index (χ4n) is 3.12. The zero-order valence-electron chi connectivity index (χ0n) is 16.2. The van der Waals surface area contributed by atoms with Crippen molar-refractivity contribution in [2.45, 2.75) is 51.2 Å². The van der Waals surface area contributed by atoms with Gasteiger partial charge < -0.3 is 20.7 Å². The summed E-state index contributed by atoms with van der Waals surface area (Å²) >= 11 is 0. The Balaban J connectivity index is 2.12. The molecule has 2 amide bonds. The highest BCUT2D eigenvalue weighted by Crippen LogP contribution is 2.09. The lowest BCUT2D eigenvalue weighted by Crippen LogP contribution is -2.56. The number of rotatable bonds is 8. The van der Waals surface area contributed by atoms with Crippen LogP contribution in [0.5, 0.6) is 0 Å². The number of nitrogens with one attached hydrogen (secondary N) is 3. The number of hydrogen-bond acceptors (Lipinski definition) is 5. The maximum atomic E-state index is 12.9. The molecule has 1 aromatic rings. The summed E-state index contributed by atoms with van der Waals surface area (Å²) in [6.07, 6.45) is 2.03. The Kier molecular flexibility index (Phi) is 7.79. The molecule has 1 fully saturated rings. The Hall–Kier alpha value is -2.41. The van der Waals surface area contributed by atoms with Gasteiger partial charge in [0.15, 0.2) is 0 Å². The van der Waals surface area contributed by atoms with E-state index in [1.165, 1.54) is 7.11 Å². The Morgan fingerprint density at radius 3 is 2.44 bits per heavy atom. The van der Waals surface area contributed by atoms with E-state index < -0.39 is 24.0 Å². The molecule has 0 aromatic heterocycles. The zero-order chi connectivity index (χ0) is 19.8. The molecule has 1 aromatic carbocycles. The number of carbonyl (C=O) groups is 3. The van der Waals surface area contributed by atoms with Crippen molar-refractivity contribution in [2.75, 3.05) is 13.7 Å². The van der Waals surface area contributed by atoms with E-state index in [0.717, 1.165) is 24.9 Å². The zero-order valence-corrected chi connectivity index (χ0v) is 16.2. The Morgan fingerprint density at radius 2 is 1.89 bits per heavy atom. The third kappa shape index (κ3) is 6.06. The summed E-state index contributed by atoms with van der Waals surface area (Å²) in [6.45, 7) is 4.45. The van der Waals surface area contributed by atoms with Gasteiger partial charge in [0.2, 0.25) is 11.8 Å². The monoisotopic (exact) mass is 375 g/mol. The molecule has 0 radical (unpaired) electrons. The lowest BCUT2D eigenvalue weighted by Gasteiger charge is -2.25. The van der Waals surface area contributed by atoms with Crippen molar-refractivity contribution in [3.8, 4) is 0 Å². The average Bonchev–Trinajstić information content (AvgIpc) is 3.20. The Labute approximate surface area is 160 Å². The first-order valence-corrected chi connectivity index (χ1v) is 9.38. The van der Waals surface area contributed by atoms with Crippen LogP contribution in [0.4, 0.5) is 0 Å². The first-order valence-electron chi connectivity index (χ1n) is 9.38. The first-order chi connectivity index (χ1) is 12.9. The molecule has 3 atom stereocenters. The molecule has 0 aliphatic carbocycles. The predicted octanol–water partition coefficient (Wildman–Crippen LogP) is 0.780. The summed E-state index contributed by atoms with van der Waals surface area (Å²) < 4.78 is 4.78. The van der Waals surface area contributed by atoms with Gasteiger partial charge in [0.1, 0.15) is 12.1 Å². The highest BCUT2D eigenvalue weighted by atomic mass is 16.5. The van der Waals surface area contributed by atoms with Gasteiger partial charge in [-0.3, -0.25) is 9.59 Å². The molecule has 0 spiro atoms. The third-order valence-electron chi connectivity index (χ3n) is 4.71. The number of benzene rings is 1. The molecule has 1 heterocycles. The maximum absolute atomic E-state index is 12.9. The minimum absolute atomic E-state index is 0.133. The smallest absolute Gasteiger partial charge is 0.328 e. The fraction of sp³-hybridized carbons (Fsp3) is 0.550. The van der Waals surface area contributed by atoms with Gasteiger partial charge in [-0.1, -0.05) is 44.2 Å². The van der Waals surface area contributed by atoms with Crippen LogP contribution < -0.4 is 16.0 Å². The number of methoxy groups -OCH3 is 1. The molecule has 7 nitrogen and oxygen atoms in total. The van der Waals surface area contributed by atoms with Crippen LogP contribution in [0.3, 0.4) is 0 Å². The topological polar surface area (TPSA) is 96.5 Å². The number of carbonyl (C=O) groups excluding carboxylic acids is 3. The summed E-state index contributed by atoms with van der Waals surface area (Å²) in [4.78, 5) is 37.4. The van der Waals surface area contributed by atoms with Gasteiger partial charge >= 0.3 is 5.97 Å². The molecule has 3 N–H and O–H groups in total. The van der Waals surface area contributed by atoms with Crippen molar-refractivity contribution in [1.82, 2.24) is 16.0 Å². The minimum Gasteiger partial charge on any atom is -0.467 e. The number of ether oxygens (including phenoxy) is 1. The second-order valence-electron chi connectivity index (χ2n) is 7.15. The number of amides is 2. The standard InChI is InChI=1S/C20H29N3O4/c1-13(2)17(20(26)27-3)23-19(25)16(12-14-8-5-4-6-9-14)22-18(24)15-10-7-11-21-15/h4-6,8-9,13,15-17,21H,7,10-12H2,1-3H3,(H,22,24)(H,23,25)/t15-,16-,17-/m0/s1. The van der Waals surface area contributed by atoms with Crippen molar-refractivity contribution in [1.29, 1.82) is 0 Å². The van der Waals surface area contributed by atoms with Crippen LogP contribution in [-0.2, 0) is 25.5 Å². The Morgan fingerprint density at radius 1 is 1.19 bits per heavy atom. The van der Waals surface area contributed by atoms with Gasteiger partial charge in [0.25, 0.3) is 0 Å². The molecule has 0 unspecified atom stereocenters. The number of hydrogen-bond donors (Lipinski definition) is 3. The molecule has 7 heteroatoms. The van der Waals surface area contributed by atoms with E-state index in [0.29, 0.717) is 6.42 Å². The van der Waals surface area contributed by atoms with Gasteiger partial charge in [-0.25, -0.2) is 4.79 Å². The number of esters is 1. The van der Waals surface area contributed by atoms with Crippen LogP contribution in [0.2, 0.25) is 0 Å². The van der Waals surface area contributed by atoms with Crippen molar-refractivity contribution in [2.24, 2.45) is 5.92 Å². The second-order valence-corrected chi connectivity index (χ2v) is 7.15. The average molecular weight is 375 g/mol. The fourth-order valence-corrected chi connectivity index (χ4v) is 3.12. The van der Waals surface area contributed by atoms with Crippen LogP contribution in [0.25, 0.3) is 0 Å². The predicted molar refractivity (Wildman–Crippen MR) is 102 cm³/mol. The molecule has 1 aliphatic rings. The van der Waals surface area contributed by atoms with Crippen LogP contribution in [0.15, 0.2) is 30.3 Å². The van der Waals surface area contributed by atoms with Crippen molar-refractivity contribution in [3.63, 3.8) is 0 Å². The van der Waals surface area contributed by atoms with Crippen molar-refractivity contribution < 1.29 is 19.1 Å². The molecular weight excluding hydrogens is 346 g/mol. The van der Waals surface area contributed by atoms with Crippen molar-refractivity contribution >= 4 is 17.8 Å². The summed E-state index contributed by atoms with van der Waals surface area (Å²) in [7, 11) is 1.29. The molecule has 148 valence electrons. The molecule has 2 rings (SSSR count). The van der Waals surface area contributed by atoms with Crippen LogP contribution >= 0.6 is 0 Å². The lowest BCUT2D eigenvalue weighted by atomic mass is 10.0. The summed E-state index contributed by atoms with van der Waals surface area (Å²) in [5, 5.41) is 8.71. The van der Waals surface area contributed by atoms with Crippen molar-refractivity contribution in [3.05, 3.63) is 35.9 Å². The minimum atomic E-state index is -0.770. The lowest BCUT2D eigenvalue weighted by molar-refractivity contribution is -0.146. The van der Waals surface area contributed by atoms with E-state index in [1.54, 1.807) is 0 Å². The SMILES string of the molecule is COC(=O)[C@@H](NC(=O)[C@H](Cc1ccccc1)NC(=O)[C@@H]1CCCN1)C(C)C. The van der Waals surface area contributed by atoms with Crippen LogP contribution in [-0.4, -0.2) is 49.6 Å². The van der Waals surface area contributed by atoms with Gasteiger partial charge in [-0.05, 0) is 30.9 Å². The molecule has 0 bridgehead atoms. The highest BCUT2D eigenvalue weighted by Gasteiger charge is 2.31. The van der Waals surface area contributed by atoms with E-state index >= 15 is 0 Å². The van der Waals surface area contributed by atoms with Crippen LogP contribution in [0, 0.1) is 5.92 Å². The van der Waals surface area contributed by atoms with Gasteiger partial charge in [-0.2, -0.15) is 0 Å². The van der Waals surface area contributed by atoms with Crippen LogP contribution in [0.1, 0.15) is 32.3 Å². The van der Waals surface area contributed by atoms with E-state index in [1.807, 2.05) is 44.2 Å². The quantitative estimate of drug-likeness (QED) is 0.584. The summed E-state index contributed by atoms with van der Waals surface area (Å²) in [5.74, 6) is -1.22. The highest BCUT2D eigenvalue weighted by molar-refractivity contribution is 5.92. The molecular formula is C20H29N3O4. The van der Waals surface area contributed by atoms with E-state index in [2.05, 4.69) is 16.0 Å². The Bertz CT molecular complexity index is 642. The maximum Gasteiger partial charge on any atom is 0.328 e. The molecule has 1 saturated heterocycles. The van der Waals surface area contributed by atoms with E-state index in [4.69, 9.17) is 4.74 Å². The summed E-state index contributed by atoms with van der Waals surface area (Å²) in [6, 6.07) is 7.66. The van der Waals surface area contributed by atoms with E-state index in [-0.39, 0.29) is 17.9 Å². The largest absolute Gasteiger partial charge is 0.467 e.